The number of aliphatic hydroxyl groups excluding tert-OH is 1. The summed E-state index contributed by atoms with van der Waals surface area (Å²) in [5.41, 5.74) is -0.0586. The van der Waals surface area contributed by atoms with Crippen molar-refractivity contribution in [3.8, 4) is 5.75 Å². The average Bonchev–Trinajstić information content (AvgIpc) is 3.26. The van der Waals surface area contributed by atoms with Crippen molar-refractivity contribution < 1.29 is 66.9 Å². The summed E-state index contributed by atoms with van der Waals surface area (Å²) in [4.78, 5) is 61.6. The summed E-state index contributed by atoms with van der Waals surface area (Å²) in [6.45, 7) is 17.5. The molecular formula is C46H80N4O14. The molecule has 0 radical (unpaired) electrons. The van der Waals surface area contributed by atoms with E-state index in [0.717, 1.165) is 11.3 Å². The zero-order valence-corrected chi connectivity index (χ0v) is 40.6. The fourth-order valence-electron chi connectivity index (χ4n) is 7.19. The summed E-state index contributed by atoms with van der Waals surface area (Å²) in [6.07, 6.45) is 1.79. The molecule has 0 saturated carbocycles. The van der Waals surface area contributed by atoms with Crippen molar-refractivity contribution in [2.75, 3.05) is 134 Å². The number of nitrogens with zero attached hydrogens (tertiary/aromatic N) is 4. The summed E-state index contributed by atoms with van der Waals surface area (Å²) in [5.74, 6) is -1.30. The topological polar surface area (TPSA) is 185 Å². The van der Waals surface area contributed by atoms with Gasteiger partial charge in [0.25, 0.3) is 0 Å². The van der Waals surface area contributed by atoms with Gasteiger partial charge in [-0.15, -0.1) is 0 Å². The Morgan fingerprint density at radius 1 is 0.562 bits per heavy atom. The Kier molecular flexibility index (Phi) is 26.5. The third kappa shape index (κ3) is 21.2. The van der Waals surface area contributed by atoms with Crippen molar-refractivity contribution in [2.45, 2.75) is 103 Å². The van der Waals surface area contributed by atoms with Gasteiger partial charge in [-0.05, 0) is 85.4 Å². The molecule has 0 aliphatic carbocycles. The molecule has 4 atom stereocenters. The van der Waals surface area contributed by atoms with Crippen LogP contribution in [0.2, 0.25) is 0 Å². The largest absolute Gasteiger partial charge is 0.491 e. The van der Waals surface area contributed by atoms with Gasteiger partial charge in [0.15, 0.2) is 0 Å². The molecule has 0 spiro atoms. The van der Waals surface area contributed by atoms with Crippen LogP contribution >= 0.6 is 0 Å². The number of carbonyl (C=O) groups excluding carboxylic acids is 4. The van der Waals surface area contributed by atoms with Gasteiger partial charge in [-0.3, -0.25) is 38.8 Å². The first-order valence-corrected chi connectivity index (χ1v) is 22.4. The Morgan fingerprint density at radius 2 is 0.938 bits per heavy atom. The number of hydrogen-bond acceptors (Lipinski definition) is 18. The van der Waals surface area contributed by atoms with Crippen LogP contribution in [0.3, 0.4) is 0 Å². The number of hydrogen-bond donors (Lipinski definition) is 1. The Bertz CT molecular complexity index is 1430. The lowest BCUT2D eigenvalue weighted by Crippen LogP contribution is -2.58. The van der Waals surface area contributed by atoms with Crippen molar-refractivity contribution in [1.82, 2.24) is 19.6 Å². The van der Waals surface area contributed by atoms with Gasteiger partial charge >= 0.3 is 23.9 Å². The number of aryl methyl sites for hydroxylation is 1. The van der Waals surface area contributed by atoms with Crippen LogP contribution in [-0.2, 0) is 63.5 Å². The second-order valence-corrected chi connectivity index (χ2v) is 17.5. The first kappa shape index (κ1) is 56.7. The molecule has 1 saturated heterocycles. The highest BCUT2D eigenvalue weighted by Gasteiger charge is 2.36. The molecule has 18 nitrogen and oxygen atoms in total. The van der Waals surface area contributed by atoms with E-state index in [2.05, 4.69) is 0 Å². The summed E-state index contributed by atoms with van der Waals surface area (Å²) >= 11 is 0. The highest BCUT2D eigenvalue weighted by molar-refractivity contribution is 5.77. The predicted molar refractivity (Wildman–Crippen MR) is 240 cm³/mol. The molecular weight excluding hydrogens is 833 g/mol. The summed E-state index contributed by atoms with van der Waals surface area (Å²) in [6, 6.07) is 4.47. The fraction of sp³-hybridized carbons (Fsp3) is 0.783. The molecule has 1 heterocycles. The van der Waals surface area contributed by atoms with Gasteiger partial charge in [-0.25, -0.2) is 0 Å². The second kappa shape index (κ2) is 29.9. The minimum atomic E-state index is -1.03. The lowest BCUT2D eigenvalue weighted by molar-refractivity contribution is -0.155. The monoisotopic (exact) mass is 913 g/mol. The number of rotatable bonds is 25. The van der Waals surface area contributed by atoms with E-state index in [-0.39, 0.29) is 52.5 Å². The fourth-order valence-corrected chi connectivity index (χ4v) is 7.19. The summed E-state index contributed by atoms with van der Waals surface area (Å²) in [5, 5.41) is 10.5. The number of methoxy groups -OCH3 is 4. The van der Waals surface area contributed by atoms with Crippen molar-refractivity contribution >= 4 is 23.9 Å². The molecule has 1 fully saturated rings. The Morgan fingerprint density at radius 3 is 1.34 bits per heavy atom. The van der Waals surface area contributed by atoms with Crippen molar-refractivity contribution in [3.05, 3.63) is 29.8 Å². The SMILES string of the molecule is CCOCCOCCOc1ccc(CCCC(C(=O)OC)N2CCN(C(COC(C)(C)C)C(=O)OC)CCN(C(CO)C(=O)OC)CCN(C(COC(C)(C)C)C(=O)OC)CC2)cc1. The van der Waals surface area contributed by atoms with E-state index >= 15 is 0 Å². The van der Waals surface area contributed by atoms with E-state index in [9.17, 15) is 24.3 Å². The van der Waals surface area contributed by atoms with Crippen LogP contribution in [0.1, 0.15) is 66.9 Å². The van der Waals surface area contributed by atoms with E-state index < -0.39 is 65.9 Å². The van der Waals surface area contributed by atoms with Gasteiger partial charge in [0.2, 0.25) is 0 Å². The zero-order chi connectivity index (χ0) is 47.7. The molecule has 2 rings (SSSR count). The standard InChI is InChI=1S/C46H80N4O14/c1-12-60-28-29-61-30-31-62-36-18-16-35(17-19-36)14-13-15-37(41(52)56-8)47-20-24-49(39(43(54)58-10)33-63-45(2,3)4)26-22-48(38(32-51)42(53)57-9)23-27-50(25-21-47)40(44(55)59-11)34-64-46(5,6)7/h16-19,37-40,51H,12-15,20-34H2,1-11H3. The number of aliphatic hydroxyl groups is 1. The zero-order valence-electron chi connectivity index (χ0n) is 40.6. The molecule has 64 heavy (non-hydrogen) atoms. The molecule has 1 aromatic carbocycles. The molecule has 1 N–H and O–H groups in total. The van der Waals surface area contributed by atoms with Crippen LogP contribution < -0.4 is 4.74 Å². The lowest BCUT2D eigenvalue weighted by atomic mass is 10.0. The Hall–Kier alpha value is -3.46. The van der Waals surface area contributed by atoms with Crippen molar-refractivity contribution in [3.63, 3.8) is 0 Å². The normalized spacial score (nSPS) is 17.6. The number of ether oxygens (including phenoxy) is 9. The van der Waals surface area contributed by atoms with Crippen molar-refractivity contribution in [1.29, 1.82) is 0 Å². The number of esters is 4. The van der Waals surface area contributed by atoms with Gasteiger partial charge < -0.3 is 47.7 Å². The van der Waals surface area contributed by atoms with Gasteiger partial charge in [-0.2, -0.15) is 0 Å². The van der Waals surface area contributed by atoms with Crippen LogP contribution in [-0.4, -0.2) is 218 Å². The minimum Gasteiger partial charge on any atom is -0.491 e. The first-order chi connectivity index (χ1) is 30.4. The maximum atomic E-state index is 13.8. The van der Waals surface area contributed by atoms with Gasteiger partial charge in [0.1, 0.15) is 36.5 Å². The maximum Gasteiger partial charge on any atom is 0.325 e. The van der Waals surface area contributed by atoms with Crippen LogP contribution in [0.4, 0.5) is 0 Å². The lowest BCUT2D eigenvalue weighted by Gasteiger charge is -2.40. The van der Waals surface area contributed by atoms with Gasteiger partial charge in [0.05, 0.1) is 79.3 Å². The molecule has 1 aliphatic rings. The van der Waals surface area contributed by atoms with E-state index in [1.807, 2.05) is 87.4 Å². The van der Waals surface area contributed by atoms with Crippen LogP contribution in [0, 0.1) is 0 Å². The first-order valence-electron chi connectivity index (χ1n) is 22.4. The van der Waals surface area contributed by atoms with Crippen molar-refractivity contribution in [2.24, 2.45) is 0 Å². The van der Waals surface area contributed by atoms with E-state index in [0.29, 0.717) is 65.4 Å². The summed E-state index contributed by atoms with van der Waals surface area (Å²) < 4.78 is 50.1. The Balaban J connectivity index is 2.52. The predicted octanol–water partition coefficient (Wildman–Crippen LogP) is 2.45. The van der Waals surface area contributed by atoms with Crippen LogP contribution in [0.15, 0.2) is 24.3 Å². The van der Waals surface area contributed by atoms with E-state index in [4.69, 9.17) is 42.6 Å². The quantitative estimate of drug-likeness (QED) is 0.0857. The van der Waals surface area contributed by atoms with Gasteiger partial charge in [0, 0.05) is 59.0 Å². The van der Waals surface area contributed by atoms with E-state index in [1.165, 1.54) is 28.4 Å². The molecule has 1 aliphatic heterocycles. The highest BCUT2D eigenvalue weighted by Crippen LogP contribution is 2.20. The molecule has 18 heteroatoms. The molecule has 0 bridgehead atoms. The molecule has 368 valence electrons. The number of benzene rings is 1. The second-order valence-electron chi connectivity index (χ2n) is 17.5. The highest BCUT2D eigenvalue weighted by atomic mass is 16.6. The van der Waals surface area contributed by atoms with Crippen LogP contribution in [0.5, 0.6) is 5.75 Å². The molecule has 1 aromatic rings. The average molecular weight is 913 g/mol. The van der Waals surface area contributed by atoms with Gasteiger partial charge in [-0.1, -0.05) is 12.1 Å². The smallest absolute Gasteiger partial charge is 0.325 e. The summed E-state index contributed by atoms with van der Waals surface area (Å²) in [7, 11) is 5.28. The Labute approximate surface area is 382 Å². The number of carbonyl (C=O) groups is 4. The third-order valence-electron chi connectivity index (χ3n) is 10.8. The van der Waals surface area contributed by atoms with E-state index in [1.54, 1.807) is 4.90 Å². The minimum absolute atomic E-state index is 0.0193. The third-order valence-corrected chi connectivity index (χ3v) is 10.8. The molecule has 0 aromatic heterocycles. The van der Waals surface area contributed by atoms with Crippen LogP contribution in [0.25, 0.3) is 0 Å². The molecule has 4 unspecified atom stereocenters. The molecule has 0 amide bonds. The maximum absolute atomic E-state index is 13.8.